The van der Waals surface area contributed by atoms with Crippen molar-refractivity contribution in [1.82, 2.24) is 20.4 Å². The minimum Gasteiger partial charge on any atom is -0.340 e. The zero-order chi connectivity index (χ0) is 25.2. The molecule has 0 saturated carbocycles. The van der Waals surface area contributed by atoms with Crippen LogP contribution in [0.5, 0.6) is 0 Å². The molecule has 2 saturated heterocycles. The van der Waals surface area contributed by atoms with Gasteiger partial charge in [0.1, 0.15) is 0 Å². The Morgan fingerprint density at radius 3 is 1.12 bits per heavy atom. The lowest BCUT2D eigenvalue weighted by atomic mass is 9.79. The lowest BCUT2D eigenvalue weighted by molar-refractivity contribution is -0.133. The summed E-state index contributed by atoms with van der Waals surface area (Å²) in [6.07, 6.45) is 6.93. The smallest absolute Gasteiger partial charge is 0.219 e. The summed E-state index contributed by atoms with van der Waals surface area (Å²) in [6, 6.07) is 0.559. The topological polar surface area (TPSA) is 64.7 Å². The van der Waals surface area contributed by atoms with Crippen molar-refractivity contribution in [3.05, 3.63) is 0 Å². The van der Waals surface area contributed by atoms with E-state index < -0.39 is 0 Å². The lowest BCUT2D eigenvalue weighted by Gasteiger charge is -2.49. The first-order chi connectivity index (χ1) is 14.9. The number of hydrogen-bond acceptors (Lipinski definition) is 4. The first-order valence-electron chi connectivity index (χ1n) is 13.1. The molecule has 0 bridgehead atoms. The molecule has 2 rings (SSSR count). The van der Waals surface area contributed by atoms with Crippen LogP contribution in [0.15, 0.2) is 0 Å². The highest BCUT2D eigenvalue weighted by molar-refractivity contribution is 5.74. The van der Waals surface area contributed by atoms with Crippen LogP contribution in [0, 0.1) is 0 Å². The molecule has 33 heavy (non-hydrogen) atoms. The summed E-state index contributed by atoms with van der Waals surface area (Å²) >= 11 is 0. The van der Waals surface area contributed by atoms with Gasteiger partial charge in [0, 0.05) is 61.2 Å². The molecule has 2 N–H and O–H groups in total. The molecule has 2 fully saturated rings. The number of nitrogens with zero attached hydrogens (tertiary/aromatic N) is 2. The van der Waals surface area contributed by atoms with Gasteiger partial charge < -0.3 is 20.4 Å². The van der Waals surface area contributed by atoms with Crippen LogP contribution in [-0.2, 0) is 9.59 Å². The van der Waals surface area contributed by atoms with Crippen molar-refractivity contribution < 1.29 is 9.59 Å². The Bertz CT molecular complexity index is 608. The van der Waals surface area contributed by atoms with Gasteiger partial charge in [0.05, 0.1) is 0 Å². The number of piperidine rings is 2. The van der Waals surface area contributed by atoms with Gasteiger partial charge in [0.25, 0.3) is 0 Å². The van der Waals surface area contributed by atoms with E-state index in [1.807, 2.05) is 0 Å². The van der Waals surface area contributed by atoms with Gasteiger partial charge in [-0.05, 0) is 100 Å². The average molecular weight is 465 g/mol. The van der Waals surface area contributed by atoms with Crippen LogP contribution in [0.3, 0.4) is 0 Å². The lowest BCUT2D eigenvalue weighted by Crippen LogP contribution is -2.62. The van der Waals surface area contributed by atoms with E-state index in [1.165, 1.54) is 0 Å². The minimum absolute atomic E-state index is 0.0263. The number of nitrogens with one attached hydrogen (secondary N) is 2. The highest BCUT2D eigenvalue weighted by Gasteiger charge is 2.41. The fraction of sp³-hybridized carbons (Fsp3) is 0.926. The van der Waals surface area contributed by atoms with Gasteiger partial charge in [-0.3, -0.25) is 9.59 Å². The number of hydrogen-bond donors (Lipinski definition) is 2. The largest absolute Gasteiger partial charge is 0.340 e. The summed E-state index contributed by atoms with van der Waals surface area (Å²) in [7, 11) is 0. The van der Waals surface area contributed by atoms with Crippen molar-refractivity contribution in [1.29, 1.82) is 0 Å². The van der Waals surface area contributed by atoms with Crippen LogP contribution in [-0.4, -0.2) is 68.9 Å². The molecule has 6 heteroatoms. The molecular formula is C27H52N4O2. The van der Waals surface area contributed by atoms with Crippen molar-refractivity contribution >= 4 is 11.8 Å². The molecule has 0 unspecified atom stereocenters. The standard InChI is InChI=1S/C27H52N4O2/c1-20(32)30(22-16-24(3,4)28-25(5,6)17-22)14-12-11-13-15-31(21(2)33)23-18-26(7,8)29-27(9,10)19-23/h22-23,28-29H,11-19H2,1-10H3. The molecule has 0 radical (unpaired) electrons. The van der Waals surface area contributed by atoms with Gasteiger partial charge in [-0.15, -0.1) is 0 Å². The third-order valence-corrected chi connectivity index (χ3v) is 7.33. The molecule has 2 aliphatic rings. The zero-order valence-corrected chi connectivity index (χ0v) is 23.2. The van der Waals surface area contributed by atoms with Crippen molar-refractivity contribution in [3.63, 3.8) is 0 Å². The second kappa shape index (κ2) is 10.2. The molecule has 0 aromatic carbocycles. The molecule has 0 aliphatic carbocycles. The summed E-state index contributed by atoms with van der Waals surface area (Å²) in [6.45, 7) is 22.9. The van der Waals surface area contributed by atoms with Gasteiger partial charge in [-0.25, -0.2) is 0 Å². The molecule has 192 valence electrons. The summed E-state index contributed by atoms with van der Waals surface area (Å²) in [5.74, 6) is 0.357. The molecule has 2 amide bonds. The second-order valence-corrected chi connectivity index (χ2v) is 13.4. The summed E-state index contributed by atoms with van der Waals surface area (Å²) in [5.41, 5.74) is 0.105. The van der Waals surface area contributed by atoms with E-state index in [0.717, 1.165) is 58.0 Å². The maximum atomic E-state index is 12.5. The molecule has 2 aliphatic heterocycles. The van der Waals surface area contributed by atoms with Crippen LogP contribution in [0.4, 0.5) is 0 Å². The third-order valence-electron chi connectivity index (χ3n) is 7.33. The van der Waals surface area contributed by atoms with Crippen LogP contribution in [0.2, 0.25) is 0 Å². The monoisotopic (exact) mass is 464 g/mol. The van der Waals surface area contributed by atoms with E-state index >= 15 is 0 Å². The van der Waals surface area contributed by atoms with Gasteiger partial charge in [0.15, 0.2) is 0 Å². The van der Waals surface area contributed by atoms with Crippen molar-refractivity contribution in [2.24, 2.45) is 0 Å². The van der Waals surface area contributed by atoms with Gasteiger partial charge in [-0.1, -0.05) is 0 Å². The highest BCUT2D eigenvalue weighted by Crippen LogP contribution is 2.33. The Hall–Kier alpha value is -1.14. The molecule has 0 spiro atoms. The van der Waals surface area contributed by atoms with Crippen LogP contribution < -0.4 is 10.6 Å². The Morgan fingerprint density at radius 2 is 0.879 bits per heavy atom. The molecule has 0 aromatic rings. The highest BCUT2D eigenvalue weighted by atomic mass is 16.2. The van der Waals surface area contributed by atoms with Crippen molar-refractivity contribution in [2.45, 2.75) is 148 Å². The number of carbonyl (C=O) groups excluding carboxylic acids is 2. The predicted octanol–water partition coefficient (Wildman–Crippen LogP) is 4.47. The number of amides is 2. The van der Waals surface area contributed by atoms with Crippen LogP contribution in [0.25, 0.3) is 0 Å². The van der Waals surface area contributed by atoms with E-state index in [4.69, 9.17) is 0 Å². The molecule has 2 heterocycles. The van der Waals surface area contributed by atoms with Crippen LogP contribution >= 0.6 is 0 Å². The van der Waals surface area contributed by atoms with E-state index in [1.54, 1.807) is 13.8 Å². The predicted molar refractivity (Wildman–Crippen MR) is 137 cm³/mol. The molecule has 0 aromatic heterocycles. The first kappa shape index (κ1) is 28.1. The second-order valence-electron chi connectivity index (χ2n) is 13.4. The summed E-state index contributed by atoms with van der Waals surface area (Å²) in [5, 5.41) is 7.44. The fourth-order valence-electron chi connectivity index (χ4n) is 6.91. The quantitative estimate of drug-likeness (QED) is 0.520. The van der Waals surface area contributed by atoms with E-state index in [9.17, 15) is 9.59 Å². The number of unbranched alkanes of at least 4 members (excludes halogenated alkanes) is 2. The third kappa shape index (κ3) is 8.54. The summed E-state index contributed by atoms with van der Waals surface area (Å²) in [4.78, 5) is 29.2. The van der Waals surface area contributed by atoms with Crippen molar-refractivity contribution in [2.75, 3.05) is 13.1 Å². The minimum atomic E-state index is 0.0263. The summed E-state index contributed by atoms with van der Waals surface area (Å²) < 4.78 is 0. The normalized spacial score (nSPS) is 24.3. The molecule has 6 nitrogen and oxygen atoms in total. The molecular weight excluding hydrogens is 412 g/mol. The van der Waals surface area contributed by atoms with Gasteiger partial charge in [0.2, 0.25) is 11.8 Å². The van der Waals surface area contributed by atoms with E-state index in [0.29, 0.717) is 0 Å². The number of carbonyl (C=O) groups is 2. The van der Waals surface area contributed by atoms with Gasteiger partial charge in [-0.2, -0.15) is 0 Å². The van der Waals surface area contributed by atoms with Gasteiger partial charge >= 0.3 is 0 Å². The van der Waals surface area contributed by atoms with E-state index in [2.05, 4.69) is 75.8 Å². The van der Waals surface area contributed by atoms with Crippen molar-refractivity contribution in [3.8, 4) is 0 Å². The molecule has 0 atom stereocenters. The zero-order valence-electron chi connectivity index (χ0n) is 23.2. The number of rotatable bonds is 8. The Morgan fingerprint density at radius 1 is 0.606 bits per heavy atom. The average Bonchev–Trinajstić information content (AvgIpc) is 2.54. The Labute approximate surface area is 203 Å². The van der Waals surface area contributed by atoms with Crippen LogP contribution in [0.1, 0.15) is 114 Å². The van der Waals surface area contributed by atoms with E-state index in [-0.39, 0.29) is 46.1 Å². The maximum Gasteiger partial charge on any atom is 0.219 e. The first-order valence-corrected chi connectivity index (χ1v) is 13.1. The Balaban J connectivity index is 1.90. The maximum absolute atomic E-state index is 12.5. The fourth-order valence-corrected chi connectivity index (χ4v) is 6.91. The SMILES string of the molecule is CC(=O)N(CCCCCN(C(C)=O)C1CC(C)(C)NC(C)(C)C1)C1CC(C)(C)NC(C)(C)C1. The Kier molecular flexibility index (Phi) is 8.71.